The van der Waals surface area contributed by atoms with Crippen molar-refractivity contribution in [3.63, 3.8) is 0 Å². The Balaban J connectivity index is 1.77. The van der Waals surface area contributed by atoms with Crippen molar-refractivity contribution in [3.05, 3.63) is 114 Å². The second-order valence-electron chi connectivity index (χ2n) is 7.54. The summed E-state index contributed by atoms with van der Waals surface area (Å²) in [4.78, 5) is 2.22. The van der Waals surface area contributed by atoms with Crippen molar-refractivity contribution in [3.8, 4) is 11.1 Å². The van der Waals surface area contributed by atoms with Gasteiger partial charge in [0, 0.05) is 30.3 Å². The third-order valence-corrected chi connectivity index (χ3v) is 5.37. The summed E-state index contributed by atoms with van der Waals surface area (Å²) < 4.78 is 0. The zero-order valence-corrected chi connectivity index (χ0v) is 17.5. The van der Waals surface area contributed by atoms with Gasteiger partial charge in [-0.1, -0.05) is 66.7 Å². The summed E-state index contributed by atoms with van der Waals surface area (Å²) in [5, 5.41) is 18.8. The standard InChI is InChI=1S/C28H27NO2/c30-18-16-22-6-4-10-27(20-22)29(28-11-5-7-23(21-28)17-19-31)26-14-12-25(13-15-26)24-8-2-1-3-9-24/h1-15,20-21,30-31H,16-19H2. The molecule has 0 bridgehead atoms. The van der Waals surface area contributed by atoms with Gasteiger partial charge in [-0.2, -0.15) is 0 Å². The Morgan fingerprint density at radius 2 is 1.00 bits per heavy atom. The first-order chi connectivity index (χ1) is 15.3. The molecular formula is C28H27NO2. The molecule has 0 saturated carbocycles. The molecule has 0 aliphatic carbocycles. The SMILES string of the molecule is OCCc1cccc(N(c2ccc(-c3ccccc3)cc2)c2cccc(CCO)c2)c1. The molecule has 4 aromatic rings. The Labute approximate surface area is 183 Å². The van der Waals surface area contributed by atoms with Crippen molar-refractivity contribution in [1.82, 2.24) is 0 Å². The molecule has 0 amide bonds. The van der Waals surface area contributed by atoms with Crippen LogP contribution in [0.4, 0.5) is 17.1 Å². The summed E-state index contributed by atoms with van der Waals surface area (Å²) in [5.41, 5.74) is 7.69. The van der Waals surface area contributed by atoms with Crippen LogP contribution in [-0.4, -0.2) is 23.4 Å². The van der Waals surface area contributed by atoms with E-state index in [0.717, 1.165) is 28.2 Å². The van der Waals surface area contributed by atoms with Gasteiger partial charge < -0.3 is 15.1 Å². The molecule has 0 saturated heterocycles. The molecule has 3 heteroatoms. The molecule has 4 rings (SSSR count). The maximum Gasteiger partial charge on any atom is 0.0471 e. The molecule has 0 atom stereocenters. The van der Waals surface area contributed by atoms with Crippen molar-refractivity contribution < 1.29 is 10.2 Å². The van der Waals surface area contributed by atoms with Gasteiger partial charge in [-0.15, -0.1) is 0 Å². The molecule has 0 aromatic heterocycles. The van der Waals surface area contributed by atoms with Crippen LogP contribution in [0.25, 0.3) is 11.1 Å². The summed E-state index contributed by atoms with van der Waals surface area (Å²) in [5.74, 6) is 0. The average molecular weight is 410 g/mol. The lowest BCUT2D eigenvalue weighted by molar-refractivity contribution is 0.299. The predicted molar refractivity (Wildman–Crippen MR) is 128 cm³/mol. The van der Waals surface area contributed by atoms with E-state index in [1.165, 1.54) is 11.1 Å². The van der Waals surface area contributed by atoms with Crippen LogP contribution in [0, 0.1) is 0 Å². The molecule has 0 unspecified atom stereocenters. The first kappa shape index (κ1) is 20.9. The van der Waals surface area contributed by atoms with Crippen molar-refractivity contribution in [2.75, 3.05) is 18.1 Å². The number of nitrogens with zero attached hydrogens (tertiary/aromatic N) is 1. The quantitative estimate of drug-likeness (QED) is 0.381. The summed E-state index contributed by atoms with van der Waals surface area (Å²) >= 11 is 0. The average Bonchev–Trinajstić information content (AvgIpc) is 2.81. The Morgan fingerprint density at radius 3 is 1.52 bits per heavy atom. The summed E-state index contributed by atoms with van der Waals surface area (Å²) in [6.45, 7) is 0.252. The van der Waals surface area contributed by atoms with Crippen LogP contribution in [-0.2, 0) is 12.8 Å². The van der Waals surface area contributed by atoms with E-state index in [1.54, 1.807) is 0 Å². The number of hydrogen-bond acceptors (Lipinski definition) is 3. The van der Waals surface area contributed by atoms with Crippen molar-refractivity contribution in [2.24, 2.45) is 0 Å². The highest BCUT2D eigenvalue weighted by Gasteiger charge is 2.14. The minimum atomic E-state index is 0.126. The Bertz CT molecular complexity index is 1060. The minimum Gasteiger partial charge on any atom is -0.396 e. The van der Waals surface area contributed by atoms with Gasteiger partial charge in [-0.3, -0.25) is 0 Å². The van der Waals surface area contributed by atoms with Gasteiger partial charge in [-0.05, 0) is 71.5 Å². The van der Waals surface area contributed by atoms with E-state index in [0.29, 0.717) is 12.8 Å². The molecule has 0 radical (unpaired) electrons. The molecule has 0 aliphatic rings. The molecule has 0 heterocycles. The van der Waals surface area contributed by atoms with E-state index in [4.69, 9.17) is 0 Å². The fraction of sp³-hybridized carbons (Fsp3) is 0.143. The number of aliphatic hydroxyl groups excluding tert-OH is 2. The maximum absolute atomic E-state index is 9.38. The third-order valence-electron chi connectivity index (χ3n) is 5.37. The Hall–Kier alpha value is -3.40. The van der Waals surface area contributed by atoms with Crippen LogP contribution >= 0.6 is 0 Å². The highest BCUT2D eigenvalue weighted by atomic mass is 16.3. The van der Waals surface area contributed by atoms with Crippen LogP contribution in [0.3, 0.4) is 0 Å². The van der Waals surface area contributed by atoms with E-state index in [-0.39, 0.29) is 13.2 Å². The van der Waals surface area contributed by atoms with Gasteiger partial charge in [0.15, 0.2) is 0 Å². The first-order valence-electron chi connectivity index (χ1n) is 10.6. The summed E-state index contributed by atoms with van der Waals surface area (Å²) in [6.07, 6.45) is 1.25. The normalized spacial score (nSPS) is 10.8. The van der Waals surface area contributed by atoms with Crippen LogP contribution in [0.15, 0.2) is 103 Å². The van der Waals surface area contributed by atoms with Crippen LogP contribution < -0.4 is 4.90 Å². The highest BCUT2D eigenvalue weighted by Crippen LogP contribution is 2.36. The van der Waals surface area contributed by atoms with Gasteiger partial charge in [0.2, 0.25) is 0 Å². The molecule has 4 aromatic carbocycles. The van der Waals surface area contributed by atoms with Crippen molar-refractivity contribution >= 4 is 17.1 Å². The largest absolute Gasteiger partial charge is 0.396 e. The third kappa shape index (κ3) is 5.02. The molecule has 2 N–H and O–H groups in total. The lowest BCUT2D eigenvalue weighted by atomic mass is 10.0. The molecule has 156 valence electrons. The molecule has 3 nitrogen and oxygen atoms in total. The van der Waals surface area contributed by atoms with Crippen LogP contribution in [0.5, 0.6) is 0 Å². The molecule has 0 spiro atoms. The number of anilines is 3. The van der Waals surface area contributed by atoms with Gasteiger partial charge >= 0.3 is 0 Å². The van der Waals surface area contributed by atoms with E-state index in [2.05, 4.69) is 77.7 Å². The van der Waals surface area contributed by atoms with Crippen molar-refractivity contribution in [2.45, 2.75) is 12.8 Å². The van der Waals surface area contributed by atoms with Gasteiger partial charge in [0.05, 0.1) is 0 Å². The Morgan fingerprint density at radius 1 is 0.484 bits per heavy atom. The van der Waals surface area contributed by atoms with Crippen LogP contribution in [0.2, 0.25) is 0 Å². The zero-order valence-electron chi connectivity index (χ0n) is 17.5. The topological polar surface area (TPSA) is 43.7 Å². The lowest BCUT2D eigenvalue weighted by Crippen LogP contribution is -2.11. The summed E-state index contributed by atoms with van der Waals surface area (Å²) in [7, 11) is 0. The molecule has 0 fully saturated rings. The molecular weight excluding hydrogens is 382 g/mol. The van der Waals surface area contributed by atoms with Gasteiger partial charge in [-0.25, -0.2) is 0 Å². The number of hydrogen-bond donors (Lipinski definition) is 2. The number of rotatable bonds is 8. The molecule has 0 aliphatic heterocycles. The predicted octanol–water partition coefficient (Wildman–Crippen LogP) is 5.89. The lowest BCUT2D eigenvalue weighted by Gasteiger charge is -2.26. The highest BCUT2D eigenvalue weighted by molar-refractivity contribution is 5.78. The maximum atomic E-state index is 9.38. The smallest absolute Gasteiger partial charge is 0.0471 e. The number of aliphatic hydroxyl groups is 2. The van der Waals surface area contributed by atoms with E-state index < -0.39 is 0 Å². The van der Waals surface area contributed by atoms with Gasteiger partial charge in [0.25, 0.3) is 0 Å². The number of benzene rings is 4. The Kier molecular flexibility index (Phi) is 6.78. The van der Waals surface area contributed by atoms with Crippen molar-refractivity contribution in [1.29, 1.82) is 0 Å². The van der Waals surface area contributed by atoms with E-state index in [9.17, 15) is 10.2 Å². The van der Waals surface area contributed by atoms with E-state index in [1.807, 2.05) is 30.3 Å². The monoisotopic (exact) mass is 409 g/mol. The van der Waals surface area contributed by atoms with Gasteiger partial charge in [0.1, 0.15) is 0 Å². The second-order valence-corrected chi connectivity index (χ2v) is 7.54. The van der Waals surface area contributed by atoms with E-state index >= 15 is 0 Å². The zero-order chi connectivity index (χ0) is 21.5. The minimum absolute atomic E-state index is 0.126. The fourth-order valence-corrected chi connectivity index (χ4v) is 3.84. The molecule has 31 heavy (non-hydrogen) atoms. The second kappa shape index (κ2) is 10.1. The fourth-order valence-electron chi connectivity index (χ4n) is 3.84. The van der Waals surface area contributed by atoms with Crippen LogP contribution in [0.1, 0.15) is 11.1 Å². The summed E-state index contributed by atoms with van der Waals surface area (Å²) in [6, 6.07) is 35.5. The first-order valence-corrected chi connectivity index (χ1v) is 10.6.